The molecule has 0 bridgehead atoms. The van der Waals surface area contributed by atoms with Gasteiger partial charge >= 0.3 is 0 Å². The van der Waals surface area contributed by atoms with Crippen LogP contribution < -0.4 is 10.9 Å². The van der Waals surface area contributed by atoms with Crippen LogP contribution in [0.2, 0.25) is 0 Å². The van der Waals surface area contributed by atoms with Crippen molar-refractivity contribution in [1.29, 1.82) is 0 Å². The molecule has 0 fully saturated rings. The normalized spacial score (nSPS) is 11.5. The molecule has 146 valence electrons. The molecular weight excluding hydrogens is 380 g/mol. The van der Waals surface area contributed by atoms with Crippen LogP contribution in [0.15, 0.2) is 16.9 Å². The monoisotopic (exact) mass is 406 g/mol. The fraction of sp³-hybridized carbons (Fsp3) is 0.526. The Kier molecular flexibility index (Phi) is 6.59. The van der Waals surface area contributed by atoms with Crippen LogP contribution in [0.25, 0.3) is 15.7 Å². The van der Waals surface area contributed by atoms with Gasteiger partial charge in [-0.15, -0.1) is 11.3 Å². The first-order valence-corrected chi connectivity index (χ1v) is 11.4. The lowest BCUT2D eigenvalue weighted by molar-refractivity contribution is -0.121. The summed E-state index contributed by atoms with van der Waals surface area (Å²) < 4.78 is 4.31. The number of aryl methyl sites for hydroxylation is 2. The molecule has 0 radical (unpaired) electrons. The molecule has 3 aromatic heterocycles. The molecule has 0 aliphatic rings. The molecule has 3 heterocycles. The van der Waals surface area contributed by atoms with Gasteiger partial charge in [0.05, 0.1) is 10.2 Å². The van der Waals surface area contributed by atoms with Gasteiger partial charge in [-0.2, -0.15) is 16.9 Å². The Morgan fingerprint density at radius 1 is 1.26 bits per heavy atom. The number of nitrogens with one attached hydrogen (secondary N) is 1. The van der Waals surface area contributed by atoms with Crippen LogP contribution in [0.4, 0.5) is 0 Å². The summed E-state index contributed by atoms with van der Waals surface area (Å²) in [6.45, 7) is 6.82. The van der Waals surface area contributed by atoms with Crippen molar-refractivity contribution < 1.29 is 4.79 Å². The van der Waals surface area contributed by atoms with Crippen LogP contribution in [-0.2, 0) is 17.8 Å². The molecule has 8 heteroatoms. The first kappa shape index (κ1) is 19.9. The Bertz CT molecular complexity index is 1000. The highest BCUT2D eigenvalue weighted by molar-refractivity contribution is 7.99. The average Bonchev–Trinajstić information content (AvgIpc) is 3.17. The van der Waals surface area contributed by atoms with Crippen molar-refractivity contribution in [2.75, 3.05) is 18.1 Å². The lowest BCUT2D eigenvalue weighted by atomic mass is 10.4. The molecule has 0 saturated carbocycles. The second kappa shape index (κ2) is 8.93. The largest absolute Gasteiger partial charge is 0.354 e. The lowest BCUT2D eigenvalue weighted by Gasteiger charge is -2.10. The second-order valence-corrected chi connectivity index (χ2v) is 9.03. The molecule has 1 N–H and O–H groups in total. The van der Waals surface area contributed by atoms with Crippen LogP contribution in [0.3, 0.4) is 0 Å². The van der Waals surface area contributed by atoms with Crippen molar-refractivity contribution in [3.63, 3.8) is 0 Å². The van der Waals surface area contributed by atoms with Gasteiger partial charge in [0.15, 0.2) is 0 Å². The van der Waals surface area contributed by atoms with Crippen LogP contribution >= 0.6 is 23.1 Å². The highest BCUT2D eigenvalue weighted by atomic mass is 32.2. The molecule has 6 nitrogen and oxygen atoms in total. The first-order valence-electron chi connectivity index (χ1n) is 9.41. The average molecular weight is 407 g/mol. The number of thiophene rings is 1. The summed E-state index contributed by atoms with van der Waals surface area (Å²) in [5.74, 6) is 2.82. The number of fused-ring (bicyclic) bond motifs is 3. The van der Waals surface area contributed by atoms with Crippen molar-refractivity contribution >= 4 is 44.7 Å². The van der Waals surface area contributed by atoms with E-state index in [4.69, 9.17) is 0 Å². The number of carbonyl (C=O) groups excluding carboxylic acids is 1. The molecule has 0 unspecified atom stereocenters. The molecule has 3 rings (SSSR count). The Morgan fingerprint density at radius 3 is 2.81 bits per heavy atom. The molecular formula is C19H26N4O2S2. The Hall–Kier alpha value is -1.80. The van der Waals surface area contributed by atoms with Crippen molar-refractivity contribution in [2.24, 2.45) is 0 Å². The van der Waals surface area contributed by atoms with E-state index in [0.29, 0.717) is 18.5 Å². The molecule has 0 aromatic carbocycles. The van der Waals surface area contributed by atoms with E-state index >= 15 is 0 Å². The van der Waals surface area contributed by atoms with Gasteiger partial charge in [0.2, 0.25) is 5.91 Å². The molecule has 0 atom stereocenters. The smallest absolute Gasteiger partial charge is 0.291 e. The summed E-state index contributed by atoms with van der Waals surface area (Å²) in [6.07, 6.45) is 2.79. The summed E-state index contributed by atoms with van der Waals surface area (Å²) in [4.78, 5) is 26.3. The predicted octanol–water partition coefficient (Wildman–Crippen LogP) is 3.23. The topological polar surface area (TPSA) is 68.4 Å². The number of aromatic nitrogens is 3. The fourth-order valence-corrected chi connectivity index (χ4v) is 4.87. The number of carbonyl (C=O) groups is 1. The number of nitrogens with zero attached hydrogens (tertiary/aromatic N) is 3. The highest BCUT2D eigenvalue weighted by Crippen LogP contribution is 2.28. The van der Waals surface area contributed by atoms with Crippen molar-refractivity contribution in [3.05, 3.63) is 33.2 Å². The van der Waals surface area contributed by atoms with Gasteiger partial charge in [0, 0.05) is 17.8 Å². The van der Waals surface area contributed by atoms with E-state index in [1.54, 1.807) is 11.3 Å². The van der Waals surface area contributed by atoms with E-state index in [1.165, 1.54) is 16.0 Å². The van der Waals surface area contributed by atoms with E-state index in [9.17, 15) is 9.59 Å². The highest BCUT2D eigenvalue weighted by Gasteiger charge is 2.16. The predicted molar refractivity (Wildman–Crippen MR) is 114 cm³/mol. The maximum atomic E-state index is 12.8. The molecule has 0 aliphatic heterocycles. The number of hydrogen-bond acceptors (Lipinski definition) is 5. The third kappa shape index (κ3) is 4.38. The van der Waals surface area contributed by atoms with Gasteiger partial charge < -0.3 is 5.32 Å². The van der Waals surface area contributed by atoms with E-state index < -0.39 is 0 Å². The van der Waals surface area contributed by atoms with Gasteiger partial charge in [-0.3, -0.25) is 14.0 Å². The fourth-order valence-electron chi connectivity index (χ4n) is 3.09. The van der Waals surface area contributed by atoms with Gasteiger partial charge in [-0.05, 0) is 43.4 Å². The lowest BCUT2D eigenvalue weighted by Crippen LogP contribution is -2.35. The van der Waals surface area contributed by atoms with Crippen LogP contribution in [0, 0.1) is 6.92 Å². The minimum atomic E-state index is -0.220. The Labute approximate surface area is 166 Å². The zero-order chi connectivity index (χ0) is 19.4. The van der Waals surface area contributed by atoms with Crippen molar-refractivity contribution in [2.45, 2.75) is 46.6 Å². The summed E-state index contributed by atoms with van der Waals surface area (Å²) in [7, 11) is 0. The van der Waals surface area contributed by atoms with E-state index in [0.717, 1.165) is 34.0 Å². The maximum Gasteiger partial charge on any atom is 0.291 e. The number of amides is 1. The van der Waals surface area contributed by atoms with Crippen molar-refractivity contribution in [1.82, 2.24) is 19.5 Å². The second-order valence-electron chi connectivity index (χ2n) is 6.52. The molecule has 3 aromatic rings. The summed E-state index contributed by atoms with van der Waals surface area (Å²) in [5, 5.41) is 7.36. The number of thioether (sulfide) groups is 1. The van der Waals surface area contributed by atoms with Gasteiger partial charge in [0.1, 0.15) is 17.9 Å². The molecule has 27 heavy (non-hydrogen) atoms. The summed E-state index contributed by atoms with van der Waals surface area (Å²) in [6, 6.07) is 4.00. The molecule has 1 amide bonds. The van der Waals surface area contributed by atoms with Crippen LogP contribution in [-0.4, -0.2) is 38.1 Å². The number of rotatable bonds is 9. The molecule has 0 spiro atoms. The maximum absolute atomic E-state index is 12.8. The molecule has 0 saturated heterocycles. The third-order valence-electron chi connectivity index (χ3n) is 4.31. The van der Waals surface area contributed by atoms with E-state index in [-0.39, 0.29) is 18.0 Å². The zero-order valence-corrected chi connectivity index (χ0v) is 17.7. The quantitative estimate of drug-likeness (QED) is 0.554. The Morgan fingerprint density at radius 2 is 2.07 bits per heavy atom. The van der Waals surface area contributed by atoms with Gasteiger partial charge in [0.25, 0.3) is 5.56 Å². The van der Waals surface area contributed by atoms with Crippen LogP contribution in [0.1, 0.15) is 37.4 Å². The molecule has 0 aliphatic carbocycles. The Balaban J connectivity index is 1.76. The van der Waals surface area contributed by atoms with Crippen molar-refractivity contribution in [3.8, 4) is 0 Å². The first-order chi connectivity index (χ1) is 13.0. The number of hydrogen-bond donors (Lipinski definition) is 1. The summed E-state index contributed by atoms with van der Waals surface area (Å²) in [5.41, 5.74) is 1.39. The minimum Gasteiger partial charge on any atom is -0.354 e. The third-order valence-corrected chi connectivity index (χ3v) is 6.57. The zero-order valence-electron chi connectivity index (χ0n) is 16.1. The van der Waals surface area contributed by atoms with E-state index in [2.05, 4.69) is 30.3 Å². The standard InChI is InChI=1S/C19H26N4O2S2/c1-4-8-26-9-6-7-20-18(24)12-22-19(25)15-11-16-14(10-13(3)27-16)23(15)17(5-2)21-22/h10-11H,4-9,12H2,1-3H3,(H,20,24). The van der Waals surface area contributed by atoms with Crippen LogP contribution in [0.5, 0.6) is 0 Å². The SMILES string of the molecule is CCCSCCCNC(=O)Cn1nc(CC)n2c(cc3sc(C)cc32)c1=O. The summed E-state index contributed by atoms with van der Waals surface area (Å²) >= 11 is 3.57. The van der Waals surface area contributed by atoms with E-state index in [1.807, 2.05) is 29.2 Å². The van der Waals surface area contributed by atoms with Gasteiger partial charge in [-0.1, -0.05) is 13.8 Å². The van der Waals surface area contributed by atoms with Gasteiger partial charge in [-0.25, -0.2) is 4.68 Å². The minimum absolute atomic E-state index is 0.0394.